The van der Waals surface area contributed by atoms with Crippen LogP contribution in [-0.4, -0.2) is 26.1 Å². The summed E-state index contributed by atoms with van der Waals surface area (Å²) in [6.07, 6.45) is 7.59. The second-order valence-corrected chi connectivity index (χ2v) is 7.37. The highest BCUT2D eigenvalue weighted by Gasteiger charge is 2.33. The Morgan fingerprint density at radius 1 is 1.36 bits per heavy atom. The summed E-state index contributed by atoms with van der Waals surface area (Å²) in [4.78, 5) is 11.9. The molecule has 0 aromatic carbocycles. The molecule has 4 heterocycles. The second-order valence-electron chi connectivity index (χ2n) is 7.37. The van der Waals surface area contributed by atoms with E-state index < -0.39 is 17.5 Å². The van der Waals surface area contributed by atoms with Gasteiger partial charge in [-0.25, -0.2) is 14.4 Å². The molecule has 2 atom stereocenters. The van der Waals surface area contributed by atoms with Crippen LogP contribution in [0.3, 0.4) is 0 Å². The van der Waals surface area contributed by atoms with E-state index in [0.29, 0.717) is 28.6 Å². The molecular formula is C19H21FN8. The number of nitrogens with zero attached hydrogens (tertiary/aromatic N) is 3. The topological polar surface area (TPSA) is 120 Å². The summed E-state index contributed by atoms with van der Waals surface area (Å²) in [7, 11) is 0. The van der Waals surface area contributed by atoms with Gasteiger partial charge in [0.2, 0.25) is 0 Å². The average Bonchev–Trinajstić information content (AvgIpc) is 3.21. The molecule has 0 saturated heterocycles. The summed E-state index contributed by atoms with van der Waals surface area (Å²) in [6.45, 7) is 1.79. The van der Waals surface area contributed by atoms with Crippen LogP contribution in [0.15, 0.2) is 41.7 Å². The van der Waals surface area contributed by atoms with Gasteiger partial charge in [0.25, 0.3) is 0 Å². The fraction of sp³-hybridized carbons (Fsp3) is 0.316. The van der Waals surface area contributed by atoms with Crippen molar-refractivity contribution in [2.75, 3.05) is 0 Å². The van der Waals surface area contributed by atoms with Crippen molar-refractivity contribution in [1.29, 1.82) is 0 Å². The Kier molecular flexibility index (Phi) is 3.73. The number of rotatable bonds is 4. The first-order valence-electron chi connectivity index (χ1n) is 9.30. The van der Waals surface area contributed by atoms with Gasteiger partial charge < -0.3 is 21.4 Å². The number of nitrogens with two attached hydrogens (primary N) is 1. The number of aromatic nitrogens is 4. The van der Waals surface area contributed by atoms with Crippen molar-refractivity contribution in [3.8, 4) is 0 Å². The van der Waals surface area contributed by atoms with E-state index in [1.165, 1.54) is 18.9 Å². The number of pyridine rings is 1. The molecule has 0 bridgehead atoms. The van der Waals surface area contributed by atoms with E-state index >= 15 is 0 Å². The fourth-order valence-electron chi connectivity index (χ4n) is 3.42. The van der Waals surface area contributed by atoms with Crippen LogP contribution in [0, 0.1) is 5.82 Å². The third-order valence-corrected chi connectivity index (χ3v) is 5.16. The van der Waals surface area contributed by atoms with Crippen molar-refractivity contribution >= 4 is 17.0 Å². The molecule has 28 heavy (non-hydrogen) atoms. The molecule has 0 spiro atoms. The zero-order chi connectivity index (χ0) is 19.3. The quantitative estimate of drug-likeness (QED) is 0.475. The Morgan fingerprint density at radius 3 is 3.04 bits per heavy atom. The normalized spacial score (nSPS) is 24.3. The predicted octanol–water partition coefficient (Wildman–Crippen LogP) is 2.24. The summed E-state index contributed by atoms with van der Waals surface area (Å²) in [5.41, 5.74) is 8.94. The number of fused-ring (bicyclic) bond motifs is 1. The highest BCUT2D eigenvalue weighted by atomic mass is 19.1. The van der Waals surface area contributed by atoms with Crippen LogP contribution in [0.1, 0.15) is 48.8 Å². The van der Waals surface area contributed by atoms with Crippen molar-refractivity contribution in [2.24, 2.45) is 10.7 Å². The second kappa shape index (κ2) is 6.16. The van der Waals surface area contributed by atoms with E-state index in [4.69, 9.17) is 5.73 Å². The SMILES string of the molecule is C[C@H](N=C1NC=CC(N)(c2cc(C3CC3)[nH]n2)N1)c1nc2cc[nH]c2cc1F. The highest BCUT2D eigenvalue weighted by molar-refractivity contribution is 5.83. The van der Waals surface area contributed by atoms with Crippen molar-refractivity contribution in [2.45, 2.75) is 37.4 Å². The first-order chi connectivity index (χ1) is 13.5. The summed E-state index contributed by atoms with van der Waals surface area (Å²) >= 11 is 0. The minimum atomic E-state index is -0.996. The van der Waals surface area contributed by atoms with E-state index in [0.717, 1.165) is 5.69 Å². The summed E-state index contributed by atoms with van der Waals surface area (Å²) in [5, 5.41) is 13.6. The number of halogens is 1. The number of aliphatic imine (C=N–C) groups is 1. The first-order valence-corrected chi connectivity index (χ1v) is 9.30. The van der Waals surface area contributed by atoms with Gasteiger partial charge in [0.1, 0.15) is 17.2 Å². The van der Waals surface area contributed by atoms with E-state index in [2.05, 4.69) is 35.8 Å². The van der Waals surface area contributed by atoms with E-state index in [-0.39, 0.29) is 5.69 Å². The van der Waals surface area contributed by atoms with Crippen LogP contribution in [0.2, 0.25) is 0 Å². The van der Waals surface area contributed by atoms with Gasteiger partial charge in [-0.15, -0.1) is 0 Å². The number of aromatic amines is 2. The lowest BCUT2D eigenvalue weighted by Crippen LogP contribution is -2.57. The number of hydrogen-bond acceptors (Lipinski definition) is 4. The molecule has 144 valence electrons. The lowest BCUT2D eigenvalue weighted by atomic mass is 10.1. The van der Waals surface area contributed by atoms with Gasteiger partial charge in [0, 0.05) is 30.1 Å². The lowest BCUT2D eigenvalue weighted by Gasteiger charge is -2.31. The van der Waals surface area contributed by atoms with E-state index in [1.807, 2.05) is 6.07 Å². The molecule has 1 fully saturated rings. The number of nitrogens with one attached hydrogen (secondary N) is 4. The molecule has 0 amide bonds. The van der Waals surface area contributed by atoms with Gasteiger partial charge in [0.05, 0.1) is 17.1 Å². The molecule has 1 aliphatic heterocycles. The van der Waals surface area contributed by atoms with Gasteiger partial charge in [-0.3, -0.25) is 5.10 Å². The number of guanidine groups is 1. The van der Waals surface area contributed by atoms with Crippen LogP contribution in [0.5, 0.6) is 0 Å². The molecule has 6 N–H and O–H groups in total. The molecule has 2 aliphatic rings. The van der Waals surface area contributed by atoms with Crippen molar-refractivity contribution in [1.82, 2.24) is 30.8 Å². The Morgan fingerprint density at radius 2 is 2.21 bits per heavy atom. The van der Waals surface area contributed by atoms with Gasteiger partial charge in [-0.1, -0.05) is 0 Å². The third kappa shape index (κ3) is 2.93. The fourth-order valence-corrected chi connectivity index (χ4v) is 3.42. The first kappa shape index (κ1) is 16.9. The van der Waals surface area contributed by atoms with Crippen LogP contribution >= 0.6 is 0 Å². The lowest BCUT2D eigenvalue weighted by molar-refractivity contribution is 0.481. The Hall–Kier alpha value is -3.20. The van der Waals surface area contributed by atoms with Gasteiger partial charge in [-0.2, -0.15) is 5.10 Å². The highest BCUT2D eigenvalue weighted by Crippen LogP contribution is 2.39. The summed E-state index contributed by atoms with van der Waals surface area (Å²) < 4.78 is 14.5. The molecule has 9 heteroatoms. The maximum absolute atomic E-state index is 14.5. The smallest absolute Gasteiger partial charge is 0.197 e. The van der Waals surface area contributed by atoms with Crippen molar-refractivity contribution < 1.29 is 4.39 Å². The van der Waals surface area contributed by atoms with Crippen LogP contribution in [-0.2, 0) is 5.66 Å². The van der Waals surface area contributed by atoms with Crippen molar-refractivity contribution in [3.05, 3.63) is 59.6 Å². The standard InChI is InChI=1S/C19H21FN8/c1-10(17-12(20)8-15-13(25-17)4-6-22-15)24-18-23-7-5-19(21,26-18)16-9-14(27-28-16)11-2-3-11/h4-11,22H,2-3,21H2,1H3,(H,27,28)(H2,23,24,26)/t10-,19?/m0/s1. The molecule has 1 unspecified atom stereocenters. The number of H-pyrrole nitrogens is 2. The zero-order valence-electron chi connectivity index (χ0n) is 15.3. The largest absolute Gasteiger partial charge is 0.360 e. The Labute approximate surface area is 160 Å². The molecule has 5 rings (SSSR count). The maximum atomic E-state index is 14.5. The molecule has 8 nitrogen and oxygen atoms in total. The van der Waals surface area contributed by atoms with Crippen LogP contribution in [0.25, 0.3) is 11.0 Å². The minimum absolute atomic E-state index is 0.274. The molecular weight excluding hydrogens is 359 g/mol. The van der Waals surface area contributed by atoms with Gasteiger partial charge in [0.15, 0.2) is 11.6 Å². The molecule has 0 radical (unpaired) electrons. The Balaban J connectivity index is 1.41. The molecule has 3 aromatic heterocycles. The van der Waals surface area contributed by atoms with Crippen LogP contribution in [0.4, 0.5) is 4.39 Å². The summed E-state index contributed by atoms with van der Waals surface area (Å²) in [6, 6.07) is 4.72. The summed E-state index contributed by atoms with van der Waals surface area (Å²) in [5.74, 6) is 0.587. The molecule has 1 aliphatic carbocycles. The molecule has 1 saturated carbocycles. The van der Waals surface area contributed by atoms with Crippen molar-refractivity contribution in [3.63, 3.8) is 0 Å². The van der Waals surface area contributed by atoms with E-state index in [9.17, 15) is 4.39 Å². The maximum Gasteiger partial charge on any atom is 0.197 e. The minimum Gasteiger partial charge on any atom is -0.360 e. The average molecular weight is 380 g/mol. The predicted molar refractivity (Wildman–Crippen MR) is 104 cm³/mol. The number of hydrogen-bond donors (Lipinski definition) is 5. The zero-order valence-corrected chi connectivity index (χ0v) is 15.3. The Bertz CT molecular complexity index is 1090. The molecule has 3 aromatic rings. The van der Waals surface area contributed by atoms with Gasteiger partial charge in [-0.05, 0) is 38.0 Å². The van der Waals surface area contributed by atoms with E-state index in [1.54, 1.807) is 31.5 Å². The van der Waals surface area contributed by atoms with Gasteiger partial charge >= 0.3 is 0 Å². The monoisotopic (exact) mass is 380 g/mol. The third-order valence-electron chi connectivity index (χ3n) is 5.16. The van der Waals surface area contributed by atoms with Crippen LogP contribution < -0.4 is 16.4 Å².